The molecule has 3 aromatic rings. The summed E-state index contributed by atoms with van der Waals surface area (Å²) in [6.45, 7) is 2.41. The quantitative estimate of drug-likeness (QED) is 0.345. The highest BCUT2D eigenvalue weighted by Gasteiger charge is 2.10. The number of hydrogen-bond donors (Lipinski definition) is 0. The normalized spacial score (nSPS) is 10.9. The van der Waals surface area contributed by atoms with Crippen molar-refractivity contribution in [2.75, 3.05) is 13.7 Å². The number of hydrogen-bond acceptors (Lipinski definition) is 4. The van der Waals surface area contributed by atoms with Gasteiger partial charge >= 0.3 is 0 Å². The molecule has 0 heterocycles. The molecule has 0 aliphatic rings. The lowest BCUT2D eigenvalue weighted by molar-refractivity contribution is -0.384. The standard InChI is InChI=1S/C23H23ClN2O3/c1-29-23-12-6-20(7-13-23)17-25(16-19-2-8-21(24)9-3-19)15-14-18-4-10-22(11-5-18)26(27)28/h2-13H,14-17H2,1H3. The second-order valence-electron chi connectivity index (χ2n) is 6.86. The third-order valence-electron chi connectivity index (χ3n) is 4.75. The summed E-state index contributed by atoms with van der Waals surface area (Å²) in [6, 6.07) is 22.7. The smallest absolute Gasteiger partial charge is 0.269 e. The molecule has 0 aromatic heterocycles. The van der Waals surface area contributed by atoms with Crippen LogP contribution in [0.4, 0.5) is 5.69 Å². The number of nitro benzene ring substituents is 1. The summed E-state index contributed by atoms with van der Waals surface area (Å²) in [5.74, 6) is 0.837. The Balaban J connectivity index is 1.70. The van der Waals surface area contributed by atoms with Crippen LogP contribution in [0.25, 0.3) is 0 Å². The molecule has 6 heteroatoms. The third-order valence-corrected chi connectivity index (χ3v) is 5.00. The lowest BCUT2D eigenvalue weighted by atomic mass is 10.1. The molecule has 150 valence electrons. The molecule has 0 unspecified atom stereocenters. The number of methoxy groups -OCH3 is 1. The van der Waals surface area contributed by atoms with Crippen molar-refractivity contribution < 1.29 is 9.66 Å². The molecule has 0 saturated heterocycles. The zero-order chi connectivity index (χ0) is 20.6. The van der Waals surface area contributed by atoms with E-state index in [1.54, 1.807) is 19.2 Å². The van der Waals surface area contributed by atoms with Gasteiger partial charge < -0.3 is 4.74 Å². The molecule has 29 heavy (non-hydrogen) atoms. The molecule has 0 saturated carbocycles. The van der Waals surface area contributed by atoms with Crippen molar-refractivity contribution in [3.05, 3.63) is 105 Å². The van der Waals surface area contributed by atoms with E-state index >= 15 is 0 Å². The molecule has 0 bridgehead atoms. The van der Waals surface area contributed by atoms with Crippen molar-refractivity contribution in [2.24, 2.45) is 0 Å². The summed E-state index contributed by atoms with van der Waals surface area (Å²) in [5, 5.41) is 11.6. The first-order valence-electron chi connectivity index (χ1n) is 9.36. The Hall–Kier alpha value is -2.89. The van der Waals surface area contributed by atoms with Gasteiger partial charge in [0.1, 0.15) is 5.75 Å². The summed E-state index contributed by atoms with van der Waals surface area (Å²) < 4.78 is 5.24. The minimum atomic E-state index is -0.375. The molecular weight excluding hydrogens is 388 g/mol. The zero-order valence-corrected chi connectivity index (χ0v) is 17.0. The fraction of sp³-hybridized carbons (Fsp3) is 0.217. The van der Waals surface area contributed by atoms with Crippen LogP contribution in [0, 0.1) is 10.1 Å². The molecule has 0 atom stereocenters. The van der Waals surface area contributed by atoms with Crippen LogP contribution in [-0.4, -0.2) is 23.5 Å². The van der Waals surface area contributed by atoms with Crippen molar-refractivity contribution >= 4 is 17.3 Å². The van der Waals surface area contributed by atoms with E-state index in [2.05, 4.69) is 17.0 Å². The van der Waals surface area contributed by atoms with Crippen LogP contribution in [-0.2, 0) is 19.5 Å². The van der Waals surface area contributed by atoms with Crippen LogP contribution in [0.2, 0.25) is 5.02 Å². The predicted molar refractivity (Wildman–Crippen MR) is 115 cm³/mol. The minimum absolute atomic E-state index is 0.116. The highest BCUT2D eigenvalue weighted by molar-refractivity contribution is 6.30. The summed E-state index contributed by atoms with van der Waals surface area (Å²) >= 11 is 6.01. The molecule has 5 nitrogen and oxygen atoms in total. The molecule has 3 aromatic carbocycles. The van der Waals surface area contributed by atoms with Gasteiger partial charge in [-0.1, -0.05) is 48.0 Å². The molecule has 0 spiro atoms. The van der Waals surface area contributed by atoms with Gasteiger partial charge in [0.05, 0.1) is 12.0 Å². The maximum Gasteiger partial charge on any atom is 0.269 e. The summed E-state index contributed by atoms with van der Waals surface area (Å²) in [7, 11) is 1.66. The summed E-state index contributed by atoms with van der Waals surface area (Å²) in [6.07, 6.45) is 0.807. The van der Waals surface area contributed by atoms with Gasteiger partial charge in [-0.2, -0.15) is 0 Å². The van der Waals surface area contributed by atoms with Gasteiger partial charge in [0.25, 0.3) is 5.69 Å². The Bertz CT molecular complexity index is 926. The number of halogens is 1. The first-order chi connectivity index (χ1) is 14.0. The Kier molecular flexibility index (Phi) is 7.22. The fourth-order valence-electron chi connectivity index (χ4n) is 3.12. The van der Waals surface area contributed by atoms with E-state index in [0.29, 0.717) is 0 Å². The number of ether oxygens (including phenoxy) is 1. The molecule has 0 aliphatic heterocycles. The largest absolute Gasteiger partial charge is 0.497 e. The van der Waals surface area contributed by atoms with Gasteiger partial charge in [-0.3, -0.25) is 15.0 Å². The van der Waals surface area contributed by atoms with Crippen molar-refractivity contribution in [1.29, 1.82) is 0 Å². The maximum absolute atomic E-state index is 10.8. The SMILES string of the molecule is COc1ccc(CN(CCc2ccc([N+](=O)[O-])cc2)Cc2ccc(Cl)cc2)cc1. The number of nitrogens with zero attached hydrogens (tertiary/aromatic N) is 2. The molecular formula is C23H23ClN2O3. The van der Waals surface area contributed by atoms with Crippen molar-refractivity contribution in [3.63, 3.8) is 0 Å². The van der Waals surface area contributed by atoms with E-state index in [4.69, 9.17) is 16.3 Å². The number of nitro groups is 1. The molecule has 0 radical (unpaired) electrons. The van der Waals surface area contributed by atoms with Gasteiger partial charge in [0.15, 0.2) is 0 Å². The molecule has 0 aliphatic carbocycles. The van der Waals surface area contributed by atoms with Crippen LogP contribution in [0.1, 0.15) is 16.7 Å². The van der Waals surface area contributed by atoms with Gasteiger partial charge in [0, 0.05) is 36.8 Å². The average Bonchev–Trinajstić information content (AvgIpc) is 2.74. The Labute approximate surface area is 175 Å². The number of benzene rings is 3. The van der Waals surface area contributed by atoms with E-state index in [9.17, 15) is 10.1 Å². The summed E-state index contributed by atoms with van der Waals surface area (Å²) in [4.78, 5) is 12.8. The maximum atomic E-state index is 10.8. The van der Waals surface area contributed by atoms with Crippen LogP contribution in [0.15, 0.2) is 72.8 Å². The number of non-ortho nitro benzene ring substituents is 1. The lowest BCUT2D eigenvalue weighted by Gasteiger charge is -2.23. The van der Waals surface area contributed by atoms with E-state index in [-0.39, 0.29) is 10.6 Å². The number of rotatable bonds is 9. The Morgan fingerprint density at radius 3 is 1.90 bits per heavy atom. The first-order valence-corrected chi connectivity index (χ1v) is 9.74. The van der Waals surface area contributed by atoms with Gasteiger partial charge in [-0.05, 0) is 47.4 Å². The monoisotopic (exact) mass is 410 g/mol. The Morgan fingerprint density at radius 2 is 1.38 bits per heavy atom. The highest BCUT2D eigenvalue weighted by Crippen LogP contribution is 2.18. The van der Waals surface area contributed by atoms with E-state index in [1.807, 2.05) is 48.5 Å². The highest BCUT2D eigenvalue weighted by atomic mass is 35.5. The molecule has 0 amide bonds. The molecule has 0 N–H and O–H groups in total. The van der Waals surface area contributed by atoms with Crippen molar-refractivity contribution in [3.8, 4) is 5.75 Å². The van der Waals surface area contributed by atoms with Gasteiger partial charge in [-0.15, -0.1) is 0 Å². The van der Waals surface area contributed by atoms with Crippen molar-refractivity contribution in [2.45, 2.75) is 19.5 Å². The second kappa shape index (κ2) is 10.0. The van der Waals surface area contributed by atoms with E-state index in [1.165, 1.54) is 11.1 Å². The predicted octanol–water partition coefficient (Wildman–Crippen LogP) is 5.50. The topological polar surface area (TPSA) is 55.6 Å². The Morgan fingerprint density at radius 1 is 0.862 bits per heavy atom. The fourth-order valence-corrected chi connectivity index (χ4v) is 3.25. The average molecular weight is 411 g/mol. The van der Waals surface area contributed by atoms with Gasteiger partial charge in [-0.25, -0.2) is 0 Å². The van der Waals surface area contributed by atoms with Crippen LogP contribution in [0.3, 0.4) is 0 Å². The first kappa shape index (κ1) is 20.8. The van der Waals surface area contributed by atoms with Crippen LogP contribution in [0.5, 0.6) is 5.75 Å². The van der Waals surface area contributed by atoms with Crippen LogP contribution >= 0.6 is 11.6 Å². The summed E-state index contributed by atoms with van der Waals surface area (Å²) in [5.41, 5.74) is 3.58. The lowest BCUT2D eigenvalue weighted by Crippen LogP contribution is -2.25. The zero-order valence-electron chi connectivity index (χ0n) is 16.3. The van der Waals surface area contributed by atoms with Crippen LogP contribution < -0.4 is 4.74 Å². The van der Waals surface area contributed by atoms with Gasteiger partial charge in [0.2, 0.25) is 0 Å². The van der Waals surface area contributed by atoms with E-state index in [0.717, 1.165) is 42.4 Å². The van der Waals surface area contributed by atoms with E-state index < -0.39 is 0 Å². The van der Waals surface area contributed by atoms with Crippen molar-refractivity contribution in [1.82, 2.24) is 4.90 Å². The second-order valence-corrected chi connectivity index (χ2v) is 7.30. The minimum Gasteiger partial charge on any atom is -0.497 e. The molecule has 3 rings (SSSR count). The molecule has 0 fully saturated rings. The third kappa shape index (κ3) is 6.31.